The van der Waals surface area contributed by atoms with Gasteiger partial charge in [0.15, 0.2) is 0 Å². The average molecular weight is 310 g/mol. The van der Waals surface area contributed by atoms with Gasteiger partial charge >= 0.3 is 0 Å². The van der Waals surface area contributed by atoms with Crippen molar-refractivity contribution in [1.29, 1.82) is 0 Å². The molecule has 1 aliphatic heterocycles. The van der Waals surface area contributed by atoms with Crippen molar-refractivity contribution in [3.8, 4) is 5.75 Å². The molecule has 1 aromatic carbocycles. The van der Waals surface area contributed by atoms with E-state index in [1.54, 1.807) is 13.2 Å². The summed E-state index contributed by atoms with van der Waals surface area (Å²) in [7, 11) is 1.63. The monoisotopic (exact) mass is 309 g/mol. The minimum Gasteiger partial charge on any atom is -0.496 e. The number of benzene rings is 1. The van der Waals surface area contributed by atoms with Crippen molar-refractivity contribution >= 4 is 17.4 Å². The third-order valence-electron chi connectivity index (χ3n) is 4.39. The summed E-state index contributed by atoms with van der Waals surface area (Å²) < 4.78 is 5.35. The van der Waals surface area contributed by atoms with Crippen LogP contribution in [0.1, 0.15) is 38.2 Å². The van der Waals surface area contributed by atoms with Crippen molar-refractivity contribution in [3.05, 3.63) is 28.8 Å². The first-order valence-corrected chi connectivity index (χ1v) is 8.05. The minimum absolute atomic E-state index is 0.222. The van der Waals surface area contributed by atoms with Crippen LogP contribution in [0.4, 0.5) is 0 Å². The Morgan fingerprint density at radius 1 is 1.48 bits per heavy atom. The topological polar surface area (TPSA) is 38.3 Å². The number of hydrogen-bond donors (Lipinski definition) is 1. The van der Waals surface area contributed by atoms with Crippen molar-refractivity contribution in [2.45, 2.75) is 39.0 Å². The standard InChI is InChI=1S/C17H24ClNO2/c1-3-7-17(8-4-9-19-12-17)16(20)11-13-10-14(18)5-6-15(13)21-2/h5-6,10,19H,3-4,7-9,11-12H2,1-2H3. The summed E-state index contributed by atoms with van der Waals surface area (Å²) in [5.41, 5.74) is 0.663. The van der Waals surface area contributed by atoms with E-state index in [9.17, 15) is 4.79 Å². The number of carbonyl (C=O) groups is 1. The number of ether oxygens (including phenoxy) is 1. The molecule has 0 saturated carbocycles. The Morgan fingerprint density at radius 2 is 2.29 bits per heavy atom. The van der Waals surface area contributed by atoms with Crippen LogP contribution in [-0.2, 0) is 11.2 Å². The number of piperidine rings is 1. The predicted molar refractivity (Wildman–Crippen MR) is 86.2 cm³/mol. The van der Waals surface area contributed by atoms with Gasteiger partial charge in [-0.15, -0.1) is 0 Å². The van der Waals surface area contributed by atoms with Crippen LogP contribution in [0.3, 0.4) is 0 Å². The summed E-state index contributed by atoms with van der Waals surface area (Å²) in [6.07, 6.45) is 4.42. The largest absolute Gasteiger partial charge is 0.496 e. The minimum atomic E-state index is -0.222. The van der Waals surface area contributed by atoms with Gasteiger partial charge in [-0.25, -0.2) is 0 Å². The Morgan fingerprint density at radius 3 is 2.90 bits per heavy atom. The average Bonchev–Trinajstić information content (AvgIpc) is 2.49. The van der Waals surface area contributed by atoms with Crippen LogP contribution >= 0.6 is 11.6 Å². The lowest BCUT2D eigenvalue weighted by Crippen LogP contribution is -2.46. The van der Waals surface area contributed by atoms with Gasteiger partial charge in [0.2, 0.25) is 0 Å². The number of rotatable bonds is 6. The molecule has 4 heteroatoms. The molecule has 0 amide bonds. The van der Waals surface area contributed by atoms with E-state index < -0.39 is 0 Å². The summed E-state index contributed by atoms with van der Waals surface area (Å²) in [5, 5.41) is 4.03. The van der Waals surface area contributed by atoms with Gasteiger partial charge in [-0.2, -0.15) is 0 Å². The fourth-order valence-electron chi connectivity index (χ4n) is 3.28. The van der Waals surface area contributed by atoms with E-state index in [1.165, 1.54) is 0 Å². The molecule has 3 nitrogen and oxygen atoms in total. The van der Waals surface area contributed by atoms with Crippen LogP contribution in [0, 0.1) is 5.41 Å². The zero-order valence-electron chi connectivity index (χ0n) is 12.9. The van der Waals surface area contributed by atoms with E-state index >= 15 is 0 Å². The van der Waals surface area contributed by atoms with E-state index in [2.05, 4.69) is 12.2 Å². The molecule has 0 aliphatic carbocycles. The maximum Gasteiger partial charge on any atom is 0.144 e. The van der Waals surface area contributed by atoms with Crippen molar-refractivity contribution in [2.24, 2.45) is 5.41 Å². The molecule has 116 valence electrons. The molecule has 1 unspecified atom stereocenters. The van der Waals surface area contributed by atoms with E-state index in [0.29, 0.717) is 17.2 Å². The fourth-order valence-corrected chi connectivity index (χ4v) is 3.48. The molecule has 1 atom stereocenters. The third-order valence-corrected chi connectivity index (χ3v) is 4.62. The van der Waals surface area contributed by atoms with Gasteiger partial charge in [-0.05, 0) is 44.0 Å². The highest BCUT2D eigenvalue weighted by atomic mass is 35.5. The quantitative estimate of drug-likeness (QED) is 0.872. The normalized spacial score (nSPS) is 22.0. The molecule has 0 spiro atoms. The van der Waals surface area contributed by atoms with Crippen molar-refractivity contribution < 1.29 is 9.53 Å². The van der Waals surface area contributed by atoms with Crippen molar-refractivity contribution in [2.75, 3.05) is 20.2 Å². The zero-order chi connectivity index (χ0) is 15.3. The summed E-state index contributed by atoms with van der Waals surface area (Å²) >= 11 is 6.06. The number of methoxy groups -OCH3 is 1. The molecule has 1 aromatic rings. The second-order valence-electron chi connectivity index (χ2n) is 5.87. The molecule has 21 heavy (non-hydrogen) atoms. The third kappa shape index (κ3) is 3.78. The summed E-state index contributed by atoms with van der Waals surface area (Å²) in [6, 6.07) is 5.46. The van der Waals surface area contributed by atoms with Crippen LogP contribution in [0.25, 0.3) is 0 Å². The number of carbonyl (C=O) groups excluding carboxylic acids is 1. The lowest BCUT2D eigenvalue weighted by atomic mass is 9.72. The Bertz CT molecular complexity index is 490. The summed E-state index contributed by atoms with van der Waals surface area (Å²) in [4.78, 5) is 12.9. The second kappa shape index (κ2) is 7.28. The molecule has 1 aliphatic rings. The highest BCUT2D eigenvalue weighted by Crippen LogP contribution is 2.35. The van der Waals surface area contributed by atoms with Gasteiger partial charge in [0.1, 0.15) is 11.5 Å². The van der Waals surface area contributed by atoms with Gasteiger partial charge < -0.3 is 10.1 Å². The van der Waals surface area contributed by atoms with Crippen molar-refractivity contribution in [1.82, 2.24) is 5.32 Å². The highest BCUT2D eigenvalue weighted by Gasteiger charge is 2.38. The van der Waals surface area contributed by atoms with Crippen LogP contribution in [-0.4, -0.2) is 26.0 Å². The maximum atomic E-state index is 12.9. The zero-order valence-corrected chi connectivity index (χ0v) is 13.6. The molecule has 0 bridgehead atoms. The lowest BCUT2D eigenvalue weighted by Gasteiger charge is -2.36. The molecule has 2 rings (SSSR count). The van der Waals surface area contributed by atoms with Gasteiger partial charge in [0, 0.05) is 29.0 Å². The number of nitrogens with one attached hydrogen (secondary N) is 1. The molecule has 0 radical (unpaired) electrons. The van der Waals surface area contributed by atoms with Gasteiger partial charge in [0.25, 0.3) is 0 Å². The second-order valence-corrected chi connectivity index (χ2v) is 6.30. The van der Waals surface area contributed by atoms with Crippen LogP contribution in [0.2, 0.25) is 5.02 Å². The number of hydrogen-bond acceptors (Lipinski definition) is 3. The Kier molecular flexibility index (Phi) is 5.65. The molecule has 1 fully saturated rings. The van der Waals surface area contributed by atoms with Gasteiger partial charge in [0.05, 0.1) is 7.11 Å². The first-order valence-electron chi connectivity index (χ1n) is 7.68. The highest BCUT2D eigenvalue weighted by molar-refractivity contribution is 6.30. The van der Waals surface area contributed by atoms with Crippen LogP contribution < -0.4 is 10.1 Å². The molecular formula is C17H24ClNO2. The number of ketones is 1. The lowest BCUT2D eigenvalue weighted by molar-refractivity contribution is -0.129. The molecule has 1 heterocycles. The molecule has 0 aromatic heterocycles. The Labute approximate surface area is 132 Å². The van der Waals surface area contributed by atoms with Crippen LogP contribution in [0.5, 0.6) is 5.75 Å². The van der Waals surface area contributed by atoms with E-state index in [0.717, 1.165) is 50.1 Å². The summed E-state index contributed by atoms with van der Waals surface area (Å²) in [6.45, 7) is 3.95. The van der Waals surface area contributed by atoms with Gasteiger partial charge in [-0.1, -0.05) is 24.9 Å². The van der Waals surface area contributed by atoms with Crippen molar-refractivity contribution in [3.63, 3.8) is 0 Å². The first-order chi connectivity index (χ1) is 10.1. The molecule has 1 saturated heterocycles. The first kappa shape index (κ1) is 16.3. The SMILES string of the molecule is CCCC1(C(=O)Cc2cc(Cl)ccc2OC)CCCNC1. The van der Waals surface area contributed by atoms with E-state index in [4.69, 9.17) is 16.3 Å². The van der Waals surface area contributed by atoms with E-state index in [1.807, 2.05) is 12.1 Å². The predicted octanol–water partition coefficient (Wildman–Crippen LogP) is 3.63. The number of halogens is 1. The number of Topliss-reactive ketones (excluding diaryl/α,β-unsaturated/α-hetero) is 1. The molecule has 1 N–H and O–H groups in total. The Hall–Kier alpha value is -1.06. The van der Waals surface area contributed by atoms with Gasteiger partial charge in [-0.3, -0.25) is 4.79 Å². The summed E-state index contributed by atoms with van der Waals surface area (Å²) in [5.74, 6) is 1.04. The van der Waals surface area contributed by atoms with E-state index in [-0.39, 0.29) is 5.41 Å². The van der Waals surface area contributed by atoms with Crippen LogP contribution in [0.15, 0.2) is 18.2 Å². The maximum absolute atomic E-state index is 12.9. The molecular weight excluding hydrogens is 286 g/mol. The smallest absolute Gasteiger partial charge is 0.144 e. The Balaban J connectivity index is 2.20. The fraction of sp³-hybridized carbons (Fsp3) is 0.588.